The van der Waals surface area contributed by atoms with Gasteiger partial charge in [-0.2, -0.15) is 4.31 Å². The van der Waals surface area contributed by atoms with Crippen LogP contribution in [0.4, 0.5) is 5.82 Å². The third-order valence-electron chi connectivity index (χ3n) is 4.79. The molecular weight excluding hydrogens is 402 g/mol. The molecule has 30 heavy (non-hydrogen) atoms. The zero-order valence-corrected chi connectivity index (χ0v) is 17.1. The van der Waals surface area contributed by atoms with E-state index >= 15 is 0 Å². The van der Waals surface area contributed by atoms with E-state index in [1.807, 2.05) is 54.6 Å². The summed E-state index contributed by atoms with van der Waals surface area (Å²) in [4.78, 5) is 15.2. The largest absolute Gasteiger partial charge is 0.483 e. The number of anilines is 1. The second-order valence-electron chi connectivity index (χ2n) is 6.58. The second kappa shape index (κ2) is 10.00. The lowest BCUT2D eigenvalue weighted by molar-refractivity contribution is -0.122. The molecule has 0 aliphatic carbocycles. The third-order valence-corrected chi connectivity index (χ3v) is 6.69. The standard InChI is InChI=1S/C21H21N3O2S.CH2O2/c25-27(26,20-10-6-9-19(17-20)18-7-2-1-3-8-18)24-15-13-23(14-16-24)21-11-4-5-12-22-21;2-1-3/h1-12,17H,13-16H2;1H,(H,2,3). The molecule has 3 aromatic rings. The van der Waals surface area contributed by atoms with Crippen molar-refractivity contribution in [1.82, 2.24) is 9.29 Å². The smallest absolute Gasteiger partial charge is 0.290 e. The first-order chi connectivity index (χ1) is 14.6. The quantitative estimate of drug-likeness (QED) is 0.647. The molecule has 1 saturated heterocycles. The van der Waals surface area contributed by atoms with Crippen molar-refractivity contribution >= 4 is 22.3 Å². The molecule has 0 saturated carbocycles. The highest BCUT2D eigenvalue weighted by Crippen LogP contribution is 2.25. The molecule has 1 aliphatic rings. The molecule has 7 nitrogen and oxygen atoms in total. The summed E-state index contributed by atoms with van der Waals surface area (Å²) in [5.74, 6) is 0.889. The summed E-state index contributed by atoms with van der Waals surface area (Å²) in [5, 5.41) is 6.89. The molecule has 0 unspecified atom stereocenters. The lowest BCUT2D eigenvalue weighted by Crippen LogP contribution is -2.48. The van der Waals surface area contributed by atoms with Crippen LogP contribution in [0.15, 0.2) is 83.9 Å². The van der Waals surface area contributed by atoms with E-state index in [1.54, 1.807) is 28.7 Å². The summed E-state index contributed by atoms with van der Waals surface area (Å²) in [5.41, 5.74) is 1.92. The summed E-state index contributed by atoms with van der Waals surface area (Å²) in [6.07, 6.45) is 1.76. The van der Waals surface area contributed by atoms with Crippen molar-refractivity contribution in [2.24, 2.45) is 0 Å². The number of carboxylic acid groups (broad SMARTS) is 1. The van der Waals surface area contributed by atoms with Crippen LogP contribution in [0.3, 0.4) is 0 Å². The Balaban J connectivity index is 0.000000806. The molecule has 156 valence electrons. The Morgan fingerprint density at radius 1 is 0.833 bits per heavy atom. The zero-order chi connectivity index (χ0) is 21.4. The summed E-state index contributed by atoms with van der Waals surface area (Å²) in [7, 11) is -3.51. The molecule has 0 spiro atoms. The number of carbonyl (C=O) groups is 1. The second-order valence-corrected chi connectivity index (χ2v) is 8.52. The van der Waals surface area contributed by atoms with E-state index in [9.17, 15) is 8.42 Å². The van der Waals surface area contributed by atoms with Gasteiger partial charge in [0, 0.05) is 32.4 Å². The molecular formula is C22H23N3O4S. The van der Waals surface area contributed by atoms with Gasteiger partial charge in [0.25, 0.3) is 6.47 Å². The number of pyridine rings is 1. The van der Waals surface area contributed by atoms with Gasteiger partial charge < -0.3 is 10.0 Å². The highest BCUT2D eigenvalue weighted by molar-refractivity contribution is 7.89. The molecule has 1 aromatic heterocycles. The van der Waals surface area contributed by atoms with Gasteiger partial charge in [0.05, 0.1) is 4.90 Å². The van der Waals surface area contributed by atoms with Crippen LogP contribution in [-0.2, 0) is 14.8 Å². The molecule has 0 amide bonds. The first kappa shape index (κ1) is 21.5. The number of aromatic nitrogens is 1. The van der Waals surface area contributed by atoms with E-state index in [0.29, 0.717) is 31.1 Å². The number of piperazine rings is 1. The van der Waals surface area contributed by atoms with Gasteiger partial charge in [0.1, 0.15) is 5.82 Å². The topological polar surface area (TPSA) is 90.8 Å². The van der Waals surface area contributed by atoms with Gasteiger partial charge in [0.2, 0.25) is 10.0 Å². The number of sulfonamides is 1. The summed E-state index contributed by atoms with van der Waals surface area (Å²) >= 11 is 0. The molecule has 1 aliphatic heterocycles. The van der Waals surface area contributed by atoms with Crippen molar-refractivity contribution in [1.29, 1.82) is 0 Å². The van der Waals surface area contributed by atoms with E-state index in [-0.39, 0.29) is 6.47 Å². The Hall–Kier alpha value is -3.23. The Morgan fingerprint density at radius 3 is 2.10 bits per heavy atom. The Kier molecular flexibility index (Phi) is 7.16. The minimum absolute atomic E-state index is 0.250. The SMILES string of the molecule is O=CO.O=S(=O)(c1cccc(-c2ccccc2)c1)N1CCN(c2ccccn2)CC1. The van der Waals surface area contributed by atoms with Gasteiger partial charge in [-0.15, -0.1) is 0 Å². The van der Waals surface area contributed by atoms with Gasteiger partial charge in [-0.3, -0.25) is 4.79 Å². The predicted octanol–water partition coefficient (Wildman–Crippen LogP) is 2.96. The fraction of sp³-hybridized carbons (Fsp3) is 0.182. The highest BCUT2D eigenvalue weighted by atomic mass is 32.2. The van der Waals surface area contributed by atoms with Crippen LogP contribution in [0.1, 0.15) is 0 Å². The zero-order valence-electron chi connectivity index (χ0n) is 16.3. The van der Waals surface area contributed by atoms with Crippen molar-refractivity contribution in [3.05, 3.63) is 79.0 Å². The maximum atomic E-state index is 13.1. The Bertz CT molecular complexity index is 1050. The molecule has 0 bridgehead atoms. The molecule has 1 fully saturated rings. The first-order valence-electron chi connectivity index (χ1n) is 9.45. The first-order valence-corrected chi connectivity index (χ1v) is 10.9. The minimum atomic E-state index is -3.51. The molecule has 1 N–H and O–H groups in total. The lowest BCUT2D eigenvalue weighted by atomic mass is 10.1. The van der Waals surface area contributed by atoms with Crippen LogP contribution in [-0.4, -0.2) is 55.5 Å². The van der Waals surface area contributed by atoms with Crippen LogP contribution in [0.2, 0.25) is 0 Å². The average molecular weight is 426 g/mol. The molecule has 2 heterocycles. The van der Waals surface area contributed by atoms with Crippen LogP contribution in [0.25, 0.3) is 11.1 Å². The van der Waals surface area contributed by atoms with E-state index in [2.05, 4.69) is 9.88 Å². The fourth-order valence-electron chi connectivity index (χ4n) is 3.31. The van der Waals surface area contributed by atoms with Crippen LogP contribution in [0, 0.1) is 0 Å². The third kappa shape index (κ3) is 5.03. The summed E-state index contributed by atoms with van der Waals surface area (Å²) < 4.78 is 27.8. The molecule has 0 atom stereocenters. The monoisotopic (exact) mass is 425 g/mol. The van der Waals surface area contributed by atoms with E-state index in [0.717, 1.165) is 16.9 Å². The van der Waals surface area contributed by atoms with Crippen molar-refractivity contribution in [3.63, 3.8) is 0 Å². The number of rotatable bonds is 4. The van der Waals surface area contributed by atoms with Crippen molar-refractivity contribution in [2.45, 2.75) is 4.90 Å². The number of hydrogen-bond donors (Lipinski definition) is 1. The van der Waals surface area contributed by atoms with Crippen LogP contribution >= 0.6 is 0 Å². The van der Waals surface area contributed by atoms with E-state index in [1.165, 1.54) is 0 Å². The van der Waals surface area contributed by atoms with Gasteiger partial charge in [-0.1, -0.05) is 48.5 Å². The number of nitrogens with zero attached hydrogens (tertiary/aromatic N) is 3. The van der Waals surface area contributed by atoms with Gasteiger partial charge >= 0.3 is 0 Å². The highest BCUT2D eigenvalue weighted by Gasteiger charge is 2.29. The fourth-order valence-corrected chi connectivity index (χ4v) is 4.78. The van der Waals surface area contributed by atoms with Gasteiger partial charge in [-0.05, 0) is 35.4 Å². The maximum absolute atomic E-state index is 13.1. The maximum Gasteiger partial charge on any atom is 0.290 e. The molecule has 4 rings (SSSR count). The van der Waals surface area contributed by atoms with Crippen molar-refractivity contribution in [3.8, 4) is 11.1 Å². The molecule has 0 radical (unpaired) electrons. The van der Waals surface area contributed by atoms with Crippen molar-refractivity contribution < 1.29 is 18.3 Å². The number of hydrogen-bond acceptors (Lipinski definition) is 5. The van der Waals surface area contributed by atoms with Crippen LogP contribution < -0.4 is 4.90 Å². The predicted molar refractivity (Wildman–Crippen MR) is 116 cm³/mol. The molecule has 8 heteroatoms. The number of benzene rings is 2. The van der Waals surface area contributed by atoms with E-state index in [4.69, 9.17) is 9.90 Å². The lowest BCUT2D eigenvalue weighted by Gasteiger charge is -2.34. The van der Waals surface area contributed by atoms with Crippen molar-refractivity contribution in [2.75, 3.05) is 31.1 Å². The normalized spacial score (nSPS) is 14.5. The van der Waals surface area contributed by atoms with E-state index < -0.39 is 10.0 Å². The minimum Gasteiger partial charge on any atom is -0.483 e. The van der Waals surface area contributed by atoms with Gasteiger partial charge in [0.15, 0.2) is 0 Å². The summed E-state index contributed by atoms with van der Waals surface area (Å²) in [6.45, 7) is 1.92. The van der Waals surface area contributed by atoms with Crippen LogP contribution in [0.5, 0.6) is 0 Å². The van der Waals surface area contributed by atoms with Gasteiger partial charge in [-0.25, -0.2) is 13.4 Å². The Labute approximate surface area is 176 Å². The molecule has 2 aromatic carbocycles. The average Bonchev–Trinajstić information content (AvgIpc) is 2.81. The Morgan fingerprint density at radius 2 is 1.47 bits per heavy atom. The summed E-state index contributed by atoms with van der Waals surface area (Å²) in [6, 6.07) is 22.8.